The second kappa shape index (κ2) is 10.6. The Bertz CT molecular complexity index is 1030. The number of methoxy groups -OCH3 is 2. The fraction of sp³-hybridized carbons (Fsp3) is 0.286. The molecule has 3 aromatic rings. The van der Waals surface area contributed by atoms with E-state index in [4.69, 9.17) is 21.1 Å². The first-order valence-electron chi connectivity index (χ1n) is 9.21. The molecule has 3 rings (SSSR count). The number of halogens is 2. The molecule has 158 valence electrons. The molecule has 1 heterocycles. The summed E-state index contributed by atoms with van der Waals surface area (Å²) >= 11 is 7.58. The van der Waals surface area contributed by atoms with Crippen LogP contribution in [0, 0.1) is 5.82 Å². The van der Waals surface area contributed by atoms with Crippen molar-refractivity contribution >= 4 is 29.1 Å². The monoisotopic (exact) mass is 449 g/mol. The highest BCUT2D eigenvalue weighted by Gasteiger charge is 2.18. The number of ether oxygens (including phenoxy) is 2. The zero-order valence-electron chi connectivity index (χ0n) is 16.6. The van der Waals surface area contributed by atoms with Crippen molar-refractivity contribution in [2.75, 3.05) is 26.6 Å². The van der Waals surface area contributed by atoms with Crippen molar-refractivity contribution in [3.05, 3.63) is 58.9 Å². The number of thioether (sulfide) groups is 1. The maximum atomic E-state index is 13.9. The van der Waals surface area contributed by atoms with E-state index in [0.717, 1.165) is 12.0 Å². The molecular formula is C21H21ClFN3O3S. The van der Waals surface area contributed by atoms with E-state index in [-0.39, 0.29) is 22.8 Å². The van der Waals surface area contributed by atoms with Crippen LogP contribution in [0.3, 0.4) is 0 Å². The van der Waals surface area contributed by atoms with Crippen LogP contribution >= 0.6 is 23.4 Å². The summed E-state index contributed by atoms with van der Waals surface area (Å²) in [6.45, 7) is 1.18. The highest BCUT2D eigenvalue weighted by Crippen LogP contribution is 2.30. The Labute approximate surface area is 183 Å². The standard InChI is InChI=1S/C21H21ClFN3O3S/c1-28-11-5-10-26-20(15-6-3-4-7-16(15)22)24-25-21(26)30-13-18(27)14-8-9-19(29-2)17(23)12-14/h3-4,6-9,12H,5,10-11,13H2,1-2H3. The third-order valence-electron chi connectivity index (χ3n) is 4.37. The van der Waals surface area contributed by atoms with Crippen LogP contribution in [0.5, 0.6) is 5.75 Å². The van der Waals surface area contributed by atoms with Gasteiger partial charge in [0.15, 0.2) is 28.3 Å². The van der Waals surface area contributed by atoms with E-state index in [0.29, 0.717) is 29.2 Å². The first kappa shape index (κ1) is 22.3. The van der Waals surface area contributed by atoms with Gasteiger partial charge in [-0.3, -0.25) is 4.79 Å². The van der Waals surface area contributed by atoms with Crippen molar-refractivity contribution in [2.45, 2.75) is 18.1 Å². The van der Waals surface area contributed by atoms with Gasteiger partial charge in [-0.2, -0.15) is 0 Å². The molecule has 0 fully saturated rings. The number of carbonyl (C=O) groups is 1. The molecule has 1 aromatic heterocycles. The van der Waals surface area contributed by atoms with Gasteiger partial charge in [-0.05, 0) is 36.8 Å². The van der Waals surface area contributed by atoms with Gasteiger partial charge in [0, 0.05) is 31.4 Å². The molecule has 2 aromatic carbocycles. The predicted octanol–water partition coefficient (Wildman–Crippen LogP) is 4.76. The highest BCUT2D eigenvalue weighted by molar-refractivity contribution is 7.99. The molecule has 0 radical (unpaired) electrons. The van der Waals surface area contributed by atoms with Crippen molar-refractivity contribution in [1.82, 2.24) is 14.8 Å². The fourth-order valence-electron chi connectivity index (χ4n) is 2.86. The van der Waals surface area contributed by atoms with E-state index in [1.807, 2.05) is 22.8 Å². The van der Waals surface area contributed by atoms with Gasteiger partial charge in [-0.25, -0.2) is 4.39 Å². The molecule has 0 aliphatic heterocycles. The second-order valence-corrected chi connectivity index (χ2v) is 7.69. The molecule has 0 unspecified atom stereocenters. The Morgan fingerprint density at radius 1 is 1.20 bits per heavy atom. The van der Waals surface area contributed by atoms with Gasteiger partial charge in [0.2, 0.25) is 0 Å². The Morgan fingerprint density at radius 2 is 2.00 bits per heavy atom. The lowest BCUT2D eigenvalue weighted by Gasteiger charge is -2.11. The minimum Gasteiger partial charge on any atom is -0.494 e. The summed E-state index contributed by atoms with van der Waals surface area (Å²) < 4.78 is 25.9. The topological polar surface area (TPSA) is 66.2 Å². The molecule has 0 aliphatic rings. The third-order valence-corrected chi connectivity index (χ3v) is 5.66. The van der Waals surface area contributed by atoms with Crippen molar-refractivity contribution in [1.29, 1.82) is 0 Å². The smallest absolute Gasteiger partial charge is 0.191 e. The molecule has 0 saturated carbocycles. The number of benzene rings is 2. The SMILES string of the molecule is COCCCn1c(SCC(=O)c2ccc(OC)c(F)c2)nnc1-c1ccccc1Cl. The average molecular weight is 450 g/mol. The molecule has 0 atom stereocenters. The minimum absolute atomic E-state index is 0.0940. The van der Waals surface area contributed by atoms with Gasteiger partial charge < -0.3 is 14.0 Å². The van der Waals surface area contributed by atoms with Crippen LogP contribution in [-0.4, -0.2) is 47.1 Å². The zero-order chi connectivity index (χ0) is 21.5. The van der Waals surface area contributed by atoms with E-state index in [1.54, 1.807) is 19.2 Å². The van der Waals surface area contributed by atoms with Gasteiger partial charge in [-0.1, -0.05) is 35.5 Å². The van der Waals surface area contributed by atoms with Gasteiger partial charge in [0.1, 0.15) is 0 Å². The second-order valence-electron chi connectivity index (χ2n) is 6.35. The van der Waals surface area contributed by atoms with Crippen molar-refractivity contribution in [3.8, 4) is 17.1 Å². The quantitative estimate of drug-likeness (QED) is 0.252. The molecule has 0 aliphatic carbocycles. The highest BCUT2D eigenvalue weighted by atomic mass is 35.5. The van der Waals surface area contributed by atoms with E-state index >= 15 is 0 Å². The molecule has 0 N–H and O–H groups in total. The lowest BCUT2D eigenvalue weighted by Crippen LogP contribution is -2.08. The average Bonchev–Trinajstić information content (AvgIpc) is 3.15. The van der Waals surface area contributed by atoms with Crippen molar-refractivity contribution in [2.24, 2.45) is 0 Å². The van der Waals surface area contributed by atoms with Crippen LogP contribution < -0.4 is 4.74 Å². The number of Topliss-reactive ketones (excluding diaryl/α,β-unsaturated/α-hetero) is 1. The largest absolute Gasteiger partial charge is 0.494 e. The van der Waals surface area contributed by atoms with Crippen LogP contribution in [0.15, 0.2) is 47.6 Å². The summed E-state index contributed by atoms with van der Waals surface area (Å²) in [7, 11) is 3.02. The summed E-state index contributed by atoms with van der Waals surface area (Å²) in [4.78, 5) is 12.5. The lowest BCUT2D eigenvalue weighted by molar-refractivity contribution is 0.102. The fourth-order valence-corrected chi connectivity index (χ4v) is 3.94. The number of hydrogen-bond acceptors (Lipinski definition) is 6. The number of aromatic nitrogens is 3. The summed E-state index contributed by atoms with van der Waals surface area (Å²) in [5, 5.41) is 9.70. The Balaban J connectivity index is 1.80. The Morgan fingerprint density at radius 3 is 2.70 bits per heavy atom. The first-order chi connectivity index (χ1) is 14.5. The van der Waals surface area contributed by atoms with Crippen molar-refractivity contribution < 1.29 is 18.7 Å². The minimum atomic E-state index is -0.572. The molecular weight excluding hydrogens is 429 g/mol. The molecule has 0 amide bonds. The van der Waals surface area contributed by atoms with Crippen LogP contribution in [0.1, 0.15) is 16.8 Å². The zero-order valence-corrected chi connectivity index (χ0v) is 18.2. The summed E-state index contributed by atoms with van der Waals surface area (Å²) in [6, 6.07) is 11.6. The summed E-state index contributed by atoms with van der Waals surface area (Å²) in [5.74, 6) is 0.0319. The molecule has 0 spiro atoms. The van der Waals surface area contributed by atoms with E-state index in [9.17, 15) is 9.18 Å². The van der Waals surface area contributed by atoms with Gasteiger partial charge >= 0.3 is 0 Å². The number of carbonyl (C=O) groups excluding carboxylic acids is 1. The molecule has 0 bridgehead atoms. The molecule has 0 saturated heterocycles. The number of nitrogens with zero attached hydrogens (tertiary/aromatic N) is 3. The van der Waals surface area contributed by atoms with Gasteiger partial charge in [0.05, 0.1) is 17.9 Å². The third kappa shape index (κ3) is 5.19. The normalized spacial score (nSPS) is 10.9. The summed E-state index contributed by atoms with van der Waals surface area (Å²) in [5.41, 5.74) is 1.04. The lowest BCUT2D eigenvalue weighted by atomic mass is 10.1. The Hall–Kier alpha value is -2.42. The Kier molecular flexibility index (Phi) is 7.84. The maximum Gasteiger partial charge on any atom is 0.191 e. The van der Waals surface area contributed by atoms with E-state index in [1.165, 1.54) is 31.0 Å². The van der Waals surface area contributed by atoms with Gasteiger partial charge in [0.25, 0.3) is 0 Å². The number of ketones is 1. The van der Waals surface area contributed by atoms with Gasteiger partial charge in [-0.15, -0.1) is 10.2 Å². The van der Waals surface area contributed by atoms with E-state index < -0.39 is 5.82 Å². The van der Waals surface area contributed by atoms with Crippen molar-refractivity contribution in [3.63, 3.8) is 0 Å². The molecule has 30 heavy (non-hydrogen) atoms. The predicted molar refractivity (Wildman–Crippen MR) is 115 cm³/mol. The van der Waals surface area contributed by atoms with E-state index in [2.05, 4.69) is 10.2 Å². The van der Waals surface area contributed by atoms with Crippen LogP contribution in [0.25, 0.3) is 11.4 Å². The first-order valence-corrected chi connectivity index (χ1v) is 10.6. The number of hydrogen-bond donors (Lipinski definition) is 0. The molecule has 6 nitrogen and oxygen atoms in total. The van der Waals surface area contributed by atoms with Crippen LogP contribution in [0.2, 0.25) is 5.02 Å². The number of rotatable bonds is 10. The summed E-state index contributed by atoms with van der Waals surface area (Å²) in [6.07, 6.45) is 0.747. The van der Waals surface area contributed by atoms with Crippen LogP contribution in [0.4, 0.5) is 4.39 Å². The van der Waals surface area contributed by atoms with Crippen LogP contribution in [-0.2, 0) is 11.3 Å². The maximum absolute atomic E-state index is 13.9. The molecule has 9 heteroatoms.